The van der Waals surface area contributed by atoms with E-state index in [-0.39, 0.29) is 12.1 Å². The summed E-state index contributed by atoms with van der Waals surface area (Å²) in [6.07, 6.45) is -0.0940. The largest absolute Gasteiger partial charge is 0.391 e. The fraction of sp³-hybridized carbons (Fsp3) is 0.364. The summed E-state index contributed by atoms with van der Waals surface area (Å²) in [5.74, 6) is -2.74. The molecule has 0 bridgehead atoms. The lowest BCUT2D eigenvalue weighted by Crippen LogP contribution is -2.30. The number of halogens is 2. The molecule has 3 nitrogen and oxygen atoms in total. The van der Waals surface area contributed by atoms with Crippen molar-refractivity contribution in [3.63, 3.8) is 0 Å². The topological polar surface area (TPSA) is 40.5 Å². The van der Waals surface area contributed by atoms with Crippen molar-refractivity contribution < 1.29 is 18.7 Å². The lowest BCUT2D eigenvalue weighted by Gasteiger charge is -2.15. The van der Waals surface area contributed by atoms with Crippen molar-refractivity contribution >= 4 is 5.91 Å². The molecule has 1 aromatic carbocycles. The summed E-state index contributed by atoms with van der Waals surface area (Å²) >= 11 is 0. The number of carbonyl (C=O) groups excluding carboxylic acids is 1. The Morgan fingerprint density at radius 1 is 1.44 bits per heavy atom. The second-order valence-corrected chi connectivity index (χ2v) is 3.80. The minimum Gasteiger partial charge on any atom is -0.391 e. The highest BCUT2D eigenvalue weighted by atomic mass is 19.2. The molecule has 1 atom stereocenters. The third kappa shape index (κ3) is 1.90. The minimum absolute atomic E-state index is 0.175. The first-order valence-corrected chi connectivity index (χ1v) is 5.01. The fourth-order valence-electron chi connectivity index (χ4n) is 1.77. The molecule has 0 spiro atoms. The standard InChI is InChI=1S/C11H11F2NO2/c12-9-3-1-2-8(10(9)13)11(16)14-5-4-7(15)6-14/h1-3,7,15H,4-6H2/t7-/m0/s1. The van der Waals surface area contributed by atoms with Crippen LogP contribution in [-0.4, -0.2) is 35.1 Å². The average molecular weight is 227 g/mol. The summed E-state index contributed by atoms with van der Waals surface area (Å²) in [7, 11) is 0. The Morgan fingerprint density at radius 2 is 2.19 bits per heavy atom. The van der Waals surface area contributed by atoms with Crippen molar-refractivity contribution in [3.8, 4) is 0 Å². The molecular weight excluding hydrogens is 216 g/mol. The van der Waals surface area contributed by atoms with Gasteiger partial charge in [0.15, 0.2) is 11.6 Å². The maximum absolute atomic E-state index is 13.3. The molecule has 1 aliphatic heterocycles. The zero-order valence-electron chi connectivity index (χ0n) is 8.49. The molecule has 5 heteroatoms. The first kappa shape index (κ1) is 11.0. The number of aliphatic hydroxyl groups is 1. The Balaban J connectivity index is 2.24. The molecule has 0 aliphatic carbocycles. The van der Waals surface area contributed by atoms with Gasteiger partial charge in [-0.1, -0.05) is 6.07 Å². The van der Waals surface area contributed by atoms with Crippen LogP contribution in [0.4, 0.5) is 8.78 Å². The molecule has 1 heterocycles. The maximum atomic E-state index is 13.3. The summed E-state index contributed by atoms with van der Waals surface area (Å²) in [6, 6.07) is 3.49. The van der Waals surface area contributed by atoms with Gasteiger partial charge in [0.25, 0.3) is 5.91 Å². The summed E-state index contributed by atoms with van der Waals surface area (Å²) < 4.78 is 26.2. The van der Waals surface area contributed by atoms with Crippen molar-refractivity contribution in [1.29, 1.82) is 0 Å². The zero-order valence-corrected chi connectivity index (χ0v) is 8.49. The molecular formula is C11H11F2NO2. The van der Waals surface area contributed by atoms with Crippen LogP contribution in [0, 0.1) is 11.6 Å². The highest BCUT2D eigenvalue weighted by Crippen LogP contribution is 2.17. The Bertz CT molecular complexity index is 422. The summed E-state index contributed by atoms with van der Waals surface area (Å²) in [5, 5.41) is 9.26. The highest BCUT2D eigenvalue weighted by Gasteiger charge is 2.27. The molecule has 1 aliphatic rings. The lowest BCUT2D eigenvalue weighted by molar-refractivity contribution is 0.0759. The molecule has 86 valence electrons. The minimum atomic E-state index is -1.13. The van der Waals surface area contributed by atoms with Gasteiger partial charge in [0.05, 0.1) is 11.7 Å². The highest BCUT2D eigenvalue weighted by molar-refractivity contribution is 5.94. The predicted octanol–water partition coefficient (Wildman–Crippen LogP) is 1.17. The van der Waals surface area contributed by atoms with Crippen molar-refractivity contribution in [3.05, 3.63) is 35.4 Å². The number of β-amino-alcohol motifs (C(OH)–C–C–N with tert-alkyl or cyclic N) is 1. The van der Waals surface area contributed by atoms with Gasteiger partial charge in [-0.3, -0.25) is 4.79 Å². The van der Waals surface area contributed by atoms with E-state index in [0.717, 1.165) is 6.07 Å². The first-order chi connectivity index (χ1) is 7.59. The molecule has 0 radical (unpaired) electrons. The molecule has 1 aromatic rings. The van der Waals surface area contributed by atoms with E-state index < -0.39 is 23.6 Å². The van der Waals surface area contributed by atoms with Gasteiger partial charge < -0.3 is 10.0 Å². The number of rotatable bonds is 1. The van der Waals surface area contributed by atoms with Gasteiger partial charge in [-0.05, 0) is 18.6 Å². The van der Waals surface area contributed by atoms with Gasteiger partial charge in [0, 0.05) is 13.1 Å². The Labute approximate surface area is 91.3 Å². The van der Waals surface area contributed by atoms with E-state index in [0.29, 0.717) is 13.0 Å². The van der Waals surface area contributed by atoms with Gasteiger partial charge in [0.2, 0.25) is 0 Å². The number of amides is 1. The van der Waals surface area contributed by atoms with Gasteiger partial charge in [-0.2, -0.15) is 0 Å². The molecule has 0 unspecified atom stereocenters. The van der Waals surface area contributed by atoms with Crippen LogP contribution in [-0.2, 0) is 0 Å². The van der Waals surface area contributed by atoms with Crippen LogP contribution < -0.4 is 0 Å². The molecule has 1 fully saturated rings. The van der Waals surface area contributed by atoms with Crippen LogP contribution in [0.3, 0.4) is 0 Å². The Morgan fingerprint density at radius 3 is 2.81 bits per heavy atom. The number of carbonyl (C=O) groups is 1. The fourth-order valence-corrected chi connectivity index (χ4v) is 1.77. The second kappa shape index (κ2) is 4.17. The lowest BCUT2D eigenvalue weighted by atomic mass is 10.2. The van der Waals surface area contributed by atoms with Crippen LogP contribution in [0.5, 0.6) is 0 Å². The normalized spacial score (nSPS) is 20.2. The molecule has 1 saturated heterocycles. The molecule has 2 rings (SSSR count). The van der Waals surface area contributed by atoms with Crippen LogP contribution >= 0.6 is 0 Å². The van der Waals surface area contributed by atoms with E-state index in [1.807, 2.05) is 0 Å². The zero-order chi connectivity index (χ0) is 11.7. The molecule has 0 saturated carbocycles. The Hall–Kier alpha value is -1.49. The van der Waals surface area contributed by atoms with E-state index in [1.54, 1.807) is 0 Å². The van der Waals surface area contributed by atoms with Gasteiger partial charge in [-0.25, -0.2) is 8.78 Å². The number of nitrogens with zero attached hydrogens (tertiary/aromatic N) is 1. The predicted molar refractivity (Wildman–Crippen MR) is 52.9 cm³/mol. The molecule has 16 heavy (non-hydrogen) atoms. The van der Waals surface area contributed by atoms with E-state index >= 15 is 0 Å². The van der Waals surface area contributed by atoms with E-state index in [1.165, 1.54) is 17.0 Å². The number of hydrogen-bond acceptors (Lipinski definition) is 2. The number of hydrogen-bond donors (Lipinski definition) is 1. The van der Waals surface area contributed by atoms with Crippen molar-refractivity contribution in [2.45, 2.75) is 12.5 Å². The van der Waals surface area contributed by atoms with E-state index in [9.17, 15) is 18.7 Å². The van der Waals surface area contributed by atoms with Crippen molar-refractivity contribution in [1.82, 2.24) is 4.90 Å². The molecule has 1 N–H and O–H groups in total. The third-order valence-electron chi connectivity index (χ3n) is 2.63. The van der Waals surface area contributed by atoms with Crippen LogP contribution in [0.15, 0.2) is 18.2 Å². The third-order valence-corrected chi connectivity index (χ3v) is 2.63. The Kier molecular flexibility index (Phi) is 2.87. The monoisotopic (exact) mass is 227 g/mol. The maximum Gasteiger partial charge on any atom is 0.257 e. The summed E-state index contributed by atoms with van der Waals surface area (Å²) in [6.45, 7) is 0.546. The van der Waals surface area contributed by atoms with Crippen molar-refractivity contribution in [2.75, 3.05) is 13.1 Å². The quantitative estimate of drug-likeness (QED) is 0.782. The molecule has 1 amide bonds. The SMILES string of the molecule is O=C(c1cccc(F)c1F)N1CC[C@H](O)C1. The van der Waals surface area contributed by atoms with E-state index in [4.69, 9.17) is 0 Å². The van der Waals surface area contributed by atoms with Crippen LogP contribution in [0.25, 0.3) is 0 Å². The summed E-state index contributed by atoms with van der Waals surface area (Å²) in [5.41, 5.74) is -0.283. The van der Waals surface area contributed by atoms with Crippen LogP contribution in [0.1, 0.15) is 16.8 Å². The number of aliphatic hydroxyl groups excluding tert-OH is 1. The van der Waals surface area contributed by atoms with Gasteiger partial charge in [0.1, 0.15) is 0 Å². The van der Waals surface area contributed by atoms with Gasteiger partial charge in [-0.15, -0.1) is 0 Å². The summed E-state index contributed by atoms with van der Waals surface area (Å²) in [4.78, 5) is 13.1. The second-order valence-electron chi connectivity index (χ2n) is 3.80. The smallest absolute Gasteiger partial charge is 0.257 e. The first-order valence-electron chi connectivity index (χ1n) is 5.01. The van der Waals surface area contributed by atoms with Gasteiger partial charge >= 0.3 is 0 Å². The average Bonchev–Trinajstić information content (AvgIpc) is 2.68. The van der Waals surface area contributed by atoms with E-state index in [2.05, 4.69) is 0 Å². The van der Waals surface area contributed by atoms with Crippen molar-refractivity contribution in [2.24, 2.45) is 0 Å². The van der Waals surface area contributed by atoms with Crippen LogP contribution in [0.2, 0.25) is 0 Å². The molecule has 0 aromatic heterocycles. The number of benzene rings is 1. The number of likely N-dealkylation sites (tertiary alicyclic amines) is 1.